The monoisotopic (exact) mass is 240 g/mol. The minimum Gasteiger partial charge on any atom is -0.430 e. The van der Waals surface area contributed by atoms with E-state index in [0.29, 0.717) is 0 Å². The normalized spacial score (nSPS) is 24.6. The van der Waals surface area contributed by atoms with Crippen LogP contribution in [0.3, 0.4) is 0 Å². The van der Waals surface area contributed by atoms with Crippen LogP contribution in [-0.2, 0) is 4.65 Å². The summed E-state index contributed by atoms with van der Waals surface area (Å²) in [5.41, 5.74) is 0.727. The number of hydrogen-bond acceptors (Lipinski definition) is 2. The van der Waals surface area contributed by atoms with E-state index in [0.717, 1.165) is 37.3 Å². The standard InChI is InChI=1S/C12H15BF2O2/c14-10-5-9(6-11(15)7-10)8-1-3-12(4-2-8)17-13-16/h5-8,12-13,16H,1-4H2. The summed E-state index contributed by atoms with van der Waals surface area (Å²) < 4.78 is 31.3. The van der Waals surface area contributed by atoms with E-state index in [-0.39, 0.29) is 19.7 Å². The van der Waals surface area contributed by atoms with Crippen LogP contribution in [0, 0.1) is 11.6 Å². The van der Waals surface area contributed by atoms with Gasteiger partial charge in [-0.2, -0.15) is 0 Å². The molecule has 1 aromatic carbocycles. The Balaban J connectivity index is 2.00. The van der Waals surface area contributed by atoms with E-state index in [1.807, 2.05) is 0 Å². The molecule has 1 aromatic rings. The van der Waals surface area contributed by atoms with Crippen molar-refractivity contribution in [3.63, 3.8) is 0 Å². The fourth-order valence-electron chi connectivity index (χ4n) is 2.48. The third kappa shape index (κ3) is 3.26. The van der Waals surface area contributed by atoms with Gasteiger partial charge >= 0.3 is 7.69 Å². The quantitative estimate of drug-likeness (QED) is 0.821. The van der Waals surface area contributed by atoms with Crippen LogP contribution in [0.4, 0.5) is 8.78 Å². The maximum atomic E-state index is 13.1. The molecule has 1 aliphatic carbocycles. The van der Waals surface area contributed by atoms with Crippen molar-refractivity contribution in [2.24, 2.45) is 0 Å². The second-order valence-corrected chi connectivity index (χ2v) is 4.47. The van der Waals surface area contributed by atoms with Gasteiger partial charge in [-0.3, -0.25) is 0 Å². The molecular formula is C12H15BF2O2. The van der Waals surface area contributed by atoms with Crippen molar-refractivity contribution in [1.29, 1.82) is 0 Å². The molecule has 2 rings (SSSR count). The minimum absolute atomic E-state index is 0.0784. The Hall–Kier alpha value is -0.935. The SMILES string of the molecule is OBOC1CCC(c2cc(F)cc(F)c2)CC1. The summed E-state index contributed by atoms with van der Waals surface area (Å²) in [5, 5.41) is 8.65. The van der Waals surface area contributed by atoms with Crippen molar-refractivity contribution in [3.8, 4) is 0 Å². The molecule has 0 aromatic heterocycles. The van der Waals surface area contributed by atoms with Crippen LogP contribution in [0.1, 0.15) is 37.2 Å². The van der Waals surface area contributed by atoms with Gasteiger partial charge < -0.3 is 9.68 Å². The molecule has 5 heteroatoms. The fourth-order valence-corrected chi connectivity index (χ4v) is 2.48. The molecule has 0 heterocycles. The second-order valence-electron chi connectivity index (χ2n) is 4.47. The molecule has 1 saturated carbocycles. The van der Waals surface area contributed by atoms with Gasteiger partial charge in [0.05, 0.1) is 0 Å². The molecule has 17 heavy (non-hydrogen) atoms. The third-order valence-electron chi connectivity index (χ3n) is 3.34. The van der Waals surface area contributed by atoms with Gasteiger partial charge in [0.15, 0.2) is 0 Å². The highest BCUT2D eigenvalue weighted by Crippen LogP contribution is 2.34. The number of benzene rings is 1. The molecule has 0 aliphatic heterocycles. The molecule has 0 radical (unpaired) electrons. The first-order valence-corrected chi connectivity index (χ1v) is 5.87. The zero-order chi connectivity index (χ0) is 12.3. The van der Waals surface area contributed by atoms with Crippen molar-refractivity contribution >= 4 is 7.69 Å². The molecule has 0 atom stereocenters. The van der Waals surface area contributed by atoms with Gasteiger partial charge in [0.1, 0.15) is 11.6 Å². The Morgan fingerprint density at radius 2 is 1.65 bits per heavy atom. The van der Waals surface area contributed by atoms with Crippen molar-refractivity contribution in [3.05, 3.63) is 35.4 Å². The molecule has 2 nitrogen and oxygen atoms in total. The average Bonchev–Trinajstić information content (AvgIpc) is 2.29. The Labute approximate surface area is 99.9 Å². The van der Waals surface area contributed by atoms with Gasteiger partial charge in [-0.1, -0.05) is 0 Å². The van der Waals surface area contributed by atoms with E-state index >= 15 is 0 Å². The van der Waals surface area contributed by atoms with E-state index in [1.165, 1.54) is 12.1 Å². The molecule has 1 fully saturated rings. The summed E-state index contributed by atoms with van der Waals surface area (Å²) in [6, 6.07) is 3.70. The van der Waals surface area contributed by atoms with Crippen LogP contribution in [0.25, 0.3) is 0 Å². The van der Waals surface area contributed by atoms with Gasteiger partial charge in [0.2, 0.25) is 0 Å². The zero-order valence-electron chi connectivity index (χ0n) is 9.53. The summed E-state index contributed by atoms with van der Waals surface area (Å²) in [4.78, 5) is 0. The van der Waals surface area contributed by atoms with Crippen LogP contribution in [-0.4, -0.2) is 18.8 Å². The predicted molar refractivity (Wildman–Crippen MR) is 61.8 cm³/mol. The second kappa shape index (κ2) is 5.60. The van der Waals surface area contributed by atoms with Crippen molar-refractivity contribution < 1.29 is 18.5 Å². The van der Waals surface area contributed by atoms with E-state index in [4.69, 9.17) is 9.68 Å². The molecule has 0 bridgehead atoms. The van der Waals surface area contributed by atoms with Crippen LogP contribution in [0.15, 0.2) is 18.2 Å². The smallest absolute Gasteiger partial charge is 0.430 e. The zero-order valence-corrected chi connectivity index (χ0v) is 9.53. The Morgan fingerprint density at radius 1 is 1.06 bits per heavy atom. The summed E-state index contributed by atoms with van der Waals surface area (Å²) in [6.45, 7) is 0. The first kappa shape index (κ1) is 12.5. The third-order valence-corrected chi connectivity index (χ3v) is 3.34. The van der Waals surface area contributed by atoms with E-state index in [1.54, 1.807) is 0 Å². The molecule has 0 saturated heterocycles. The van der Waals surface area contributed by atoms with Crippen molar-refractivity contribution in [2.45, 2.75) is 37.7 Å². The van der Waals surface area contributed by atoms with Gasteiger partial charge in [0.25, 0.3) is 0 Å². The summed E-state index contributed by atoms with van der Waals surface area (Å²) in [7, 11) is -0.260. The van der Waals surface area contributed by atoms with Crippen molar-refractivity contribution in [2.75, 3.05) is 0 Å². The first-order valence-electron chi connectivity index (χ1n) is 5.87. The lowest BCUT2D eigenvalue weighted by Crippen LogP contribution is -2.22. The lowest BCUT2D eigenvalue weighted by atomic mass is 9.82. The first-order chi connectivity index (χ1) is 8.19. The summed E-state index contributed by atoms with van der Waals surface area (Å²) in [6.07, 6.45) is 3.41. The van der Waals surface area contributed by atoms with Crippen LogP contribution in [0.5, 0.6) is 0 Å². The largest absolute Gasteiger partial charge is 0.435 e. The van der Waals surface area contributed by atoms with E-state index in [9.17, 15) is 8.78 Å². The molecule has 1 N–H and O–H groups in total. The Bertz CT molecular complexity index is 359. The maximum Gasteiger partial charge on any atom is 0.435 e. The molecule has 92 valence electrons. The minimum atomic E-state index is -0.520. The molecule has 0 spiro atoms. The van der Waals surface area contributed by atoms with Gasteiger partial charge in [-0.05, 0) is 49.3 Å². The lowest BCUT2D eigenvalue weighted by Gasteiger charge is -2.28. The summed E-state index contributed by atoms with van der Waals surface area (Å²) >= 11 is 0. The van der Waals surface area contributed by atoms with Crippen LogP contribution < -0.4 is 0 Å². The predicted octanol–water partition coefficient (Wildman–Crippen LogP) is 2.27. The van der Waals surface area contributed by atoms with E-state index in [2.05, 4.69) is 0 Å². The highest BCUT2D eigenvalue weighted by molar-refractivity contribution is 6.15. The highest BCUT2D eigenvalue weighted by Gasteiger charge is 2.23. The van der Waals surface area contributed by atoms with Crippen LogP contribution in [0.2, 0.25) is 0 Å². The lowest BCUT2D eigenvalue weighted by molar-refractivity contribution is 0.133. The Morgan fingerprint density at radius 3 is 2.18 bits per heavy atom. The van der Waals surface area contributed by atoms with Gasteiger partial charge in [0, 0.05) is 12.2 Å². The highest BCUT2D eigenvalue weighted by atomic mass is 19.1. The molecular weight excluding hydrogens is 225 g/mol. The fraction of sp³-hybridized carbons (Fsp3) is 0.500. The van der Waals surface area contributed by atoms with Gasteiger partial charge in [-0.25, -0.2) is 8.78 Å². The van der Waals surface area contributed by atoms with E-state index < -0.39 is 11.6 Å². The number of rotatable bonds is 3. The molecule has 1 aliphatic rings. The number of halogens is 2. The van der Waals surface area contributed by atoms with Gasteiger partial charge in [-0.15, -0.1) is 0 Å². The average molecular weight is 240 g/mol. The summed E-state index contributed by atoms with van der Waals surface area (Å²) in [5.74, 6) is -0.846. The molecule has 0 unspecified atom stereocenters. The number of hydrogen-bond donors (Lipinski definition) is 1. The molecule has 0 amide bonds. The van der Waals surface area contributed by atoms with Crippen molar-refractivity contribution in [1.82, 2.24) is 0 Å². The Kier molecular flexibility index (Phi) is 4.13. The van der Waals surface area contributed by atoms with Crippen LogP contribution >= 0.6 is 0 Å². The maximum absolute atomic E-state index is 13.1. The topological polar surface area (TPSA) is 29.5 Å².